The van der Waals surface area contributed by atoms with Crippen molar-refractivity contribution in [3.05, 3.63) is 65.2 Å². The third kappa shape index (κ3) is 5.16. The number of aryl methyl sites for hydroxylation is 1. The van der Waals surface area contributed by atoms with Crippen LogP contribution in [-0.2, 0) is 21.9 Å². The van der Waals surface area contributed by atoms with Gasteiger partial charge in [0.05, 0.1) is 4.90 Å². The predicted molar refractivity (Wildman–Crippen MR) is 103 cm³/mol. The third-order valence-corrected chi connectivity index (χ3v) is 5.35. The van der Waals surface area contributed by atoms with Gasteiger partial charge < -0.3 is 0 Å². The van der Waals surface area contributed by atoms with Gasteiger partial charge in [-0.25, -0.2) is 8.42 Å². The number of sulfonamides is 1. The molecule has 2 aromatic rings. The quantitative estimate of drug-likeness (QED) is 0.759. The lowest BCUT2D eigenvalue weighted by Gasteiger charge is -2.19. The standard InChI is InChI=1S/C20H26N2O3S/c1-5-6-15-7-13-18(14-8-15)26(24,25)22-21-19(23)16-9-11-17(12-10-16)20(2,3)4/h7-14,22H,5-6H2,1-4H3,(H,21,23). The molecule has 2 aromatic carbocycles. The molecule has 0 spiro atoms. The molecule has 0 saturated heterocycles. The molecule has 0 aliphatic rings. The van der Waals surface area contributed by atoms with E-state index < -0.39 is 15.9 Å². The van der Waals surface area contributed by atoms with Crippen LogP contribution in [0.25, 0.3) is 0 Å². The molecule has 0 unspecified atom stereocenters. The molecule has 0 bridgehead atoms. The fourth-order valence-electron chi connectivity index (χ4n) is 2.49. The van der Waals surface area contributed by atoms with Crippen molar-refractivity contribution in [3.63, 3.8) is 0 Å². The maximum absolute atomic E-state index is 12.3. The van der Waals surface area contributed by atoms with Crippen LogP contribution in [0.3, 0.4) is 0 Å². The Bertz CT molecular complexity index is 849. The van der Waals surface area contributed by atoms with Gasteiger partial charge in [0.2, 0.25) is 0 Å². The molecule has 5 nitrogen and oxygen atoms in total. The van der Waals surface area contributed by atoms with E-state index in [-0.39, 0.29) is 10.3 Å². The van der Waals surface area contributed by atoms with Crippen molar-refractivity contribution < 1.29 is 13.2 Å². The first-order valence-corrected chi connectivity index (χ1v) is 10.1. The van der Waals surface area contributed by atoms with Gasteiger partial charge in [0.15, 0.2) is 0 Å². The molecule has 2 N–H and O–H groups in total. The zero-order valence-corrected chi connectivity index (χ0v) is 16.5. The second-order valence-electron chi connectivity index (χ2n) is 7.28. The van der Waals surface area contributed by atoms with Crippen molar-refractivity contribution in [2.45, 2.75) is 50.8 Å². The summed E-state index contributed by atoms with van der Waals surface area (Å²) in [6.45, 7) is 8.32. The fourth-order valence-corrected chi connectivity index (χ4v) is 3.33. The number of nitrogens with one attached hydrogen (secondary N) is 2. The highest BCUT2D eigenvalue weighted by Crippen LogP contribution is 2.22. The van der Waals surface area contributed by atoms with Crippen LogP contribution in [0.4, 0.5) is 0 Å². The van der Waals surface area contributed by atoms with E-state index in [4.69, 9.17) is 0 Å². The molecule has 0 radical (unpaired) electrons. The number of hydrogen-bond donors (Lipinski definition) is 2. The number of hydrogen-bond acceptors (Lipinski definition) is 3. The summed E-state index contributed by atoms with van der Waals surface area (Å²) in [6.07, 6.45) is 1.89. The van der Waals surface area contributed by atoms with Crippen LogP contribution in [0.1, 0.15) is 55.6 Å². The average molecular weight is 375 g/mol. The van der Waals surface area contributed by atoms with E-state index in [2.05, 4.69) is 38.0 Å². The fraction of sp³-hybridized carbons (Fsp3) is 0.350. The van der Waals surface area contributed by atoms with Crippen molar-refractivity contribution in [2.75, 3.05) is 0 Å². The lowest BCUT2D eigenvalue weighted by Crippen LogP contribution is -2.41. The van der Waals surface area contributed by atoms with Gasteiger partial charge in [-0.15, -0.1) is 4.83 Å². The Kier molecular flexibility index (Phi) is 6.21. The van der Waals surface area contributed by atoms with Gasteiger partial charge in [0, 0.05) is 5.56 Å². The Hall–Kier alpha value is -2.18. The van der Waals surface area contributed by atoms with Gasteiger partial charge in [-0.2, -0.15) is 0 Å². The number of rotatable bonds is 6. The summed E-state index contributed by atoms with van der Waals surface area (Å²) in [5, 5.41) is 0. The summed E-state index contributed by atoms with van der Waals surface area (Å²) in [7, 11) is -3.81. The maximum Gasteiger partial charge on any atom is 0.266 e. The zero-order valence-electron chi connectivity index (χ0n) is 15.7. The van der Waals surface area contributed by atoms with Gasteiger partial charge >= 0.3 is 0 Å². The zero-order chi connectivity index (χ0) is 19.4. The molecule has 1 amide bonds. The van der Waals surface area contributed by atoms with E-state index >= 15 is 0 Å². The van der Waals surface area contributed by atoms with E-state index in [0.29, 0.717) is 5.56 Å². The number of benzene rings is 2. The first kappa shape index (κ1) is 20.1. The molecular weight excluding hydrogens is 348 g/mol. The lowest BCUT2D eigenvalue weighted by molar-refractivity contribution is 0.0945. The van der Waals surface area contributed by atoms with Crippen molar-refractivity contribution in [2.24, 2.45) is 0 Å². The molecule has 26 heavy (non-hydrogen) atoms. The smallest absolute Gasteiger partial charge is 0.266 e. The Morgan fingerprint density at radius 3 is 2.04 bits per heavy atom. The van der Waals surface area contributed by atoms with Gasteiger partial charge in [0.1, 0.15) is 0 Å². The minimum absolute atomic E-state index is 0.0134. The Balaban J connectivity index is 2.03. The molecule has 0 fully saturated rings. The van der Waals surface area contributed by atoms with Crippen LogP contribution >= 0.6 is 0 Å². The highest BCUT2D eigenvalue weighted by molar-refractivity contribution is 7.89. The normalized spacial score (nSPS) is 12.0. The van der Waals surface area contributed by atoms with Crippen molar-refractivity contribution in [1.29, 1.82) is 0 Å². The number of hydrazine groups is 1. The van der Waals surface area contributed by atoms with Gasteiger partial charge in [0.25, 0.3) is 15.9 Å². The minimum Gasteiger partial charge on any atom is -0.273 e. The third-order valence-electron chi connectivity index (χ3n) is 4.08. The summed E-state index contributed by atoms with van der Waals surface area (Å²) in [5.41, 5.74) is 4.81. The molecule has 6 heteroatoms. The van der Waals surface area contributed by atoms with Crippen molar-refractivity contribution in [1.82, 2.24) is 10.3 Å². The van der Waals surface area contributed by atoms with Gasteiger partial charge in [-0.05, 0) is 47.2 Å². The maximum atomic E-state index is 12.3. The second-order valence-corrected chi connectivity index (χ2v) is 8.96. The van der Waals surface area contributed by atoms with Crippen LogP contribution in [0.5, 0.6) is 0 Å². The van der Waals surface area contributed by atoms with Crippen molar-refractivity contribution in [3.8, 4) is 0 Å². The Morgan fingerprint density at radius 2 is 1.54 bits per heavy atom. The average Bonchev–Trinajstić information content (AvgIpc) is 2.60. The van der Waals surface area contributed by atoms with E-state index in [1.54, 1.807) is 24.3 Å². The lowest BCUT2D eigenvalue weighted by atomic mass is 9.87. The summed E-state index contributed by atoms with van der Waals surface area (Å²) < 4.78 is 24.6. The largest absolute Gasteiger partial charge is 0.273 e. The van der Waals surface area contributed by atoms with Crippen LogP contribution in [0.2, 0.25) is 0 Å². The second kappa shape index (κ2) is 8.01. The molecule has 140 valence electrons. The molecule has 0 aliphatic carbocycles. The predicted octanol–water partition coefficient (Wildman–Crippen LogP) is 3.56. The molecular formula is C20H26N2O3S. The van der Waals surface area contributed by atoms with E-state index in [1.165, 1.54) is 12.1 Å². The van der Waals surface area contributed by atoms with E-state index in [1.807, 2.05) is 12.1 Å². The summed E-state index contributed by atoms with van der Waals surface area (Å²) in [4.78, 5) is 14.4. The van der Waals surface area contributed by atoms with E-state index in [9.17, 15) is 13.2 Å². The monoisotopic (exact) mass is 374 g/mol. The Morgan fingerprint density at radius 1 is 0.962 bits per heavy atom. The number of carbonyl (C=O) groups is 1. The van der Waals surface area contributed by atoms with Crippen LogP contribution in [0, 0.1) is 0 Å². The topological polar surface area (TPSA) is 75.3 Å². The summed E-state index contributed by atoms with van der Waals surface area (Å²) in [6, 6.07) is 13.8. The first-order valence-electron chi connectivity index (χ1n) is 8.65. The SMILES string of the molecule is CCCc1ccc(S(=O)(=O)NNC(=O)c2ccc(C(C)(C)C)cc2)cc1. The van der Waals surface area contributed by atoms with Crippen LogP contribution < -0.4 is 10.3 Å². The molecule has 2 rings (SSSR count). The van der Waals surface area contributed by atoms with Gasteiger partial charge in [-0.3, -0.25) is 10.2 Å². The molecule has 0 atom stereocenters. The van der Waals surface area contributed by atoms with Crippen molar-refractivity contribution >= 4 is 15.9 Å². The summed E-state index contributed by atoms with van der Waals surface area (Å²) >= 11 is 0. The molecule has 0 aromatic heterocycles. The van der Waals surface area contributed by atoms with Crippen LogP contribution in [-0.4, -0.2) is 14.3 Å². The highest BCUT2D eigenvalue weighted by atomic mass is 32.2. The van der Waals surface area contributed by atoms with Crippen LogP contribution in [0.15, 0.2) is 53.4 Å². The molecule has 0 aliphatic heterocycles. The molecule has 0 saturated carbocycles. The van der Waals surface area contributed by atoms with Gasteiger partial charge in [-0.1, -0.05) is 58.4 Å². The van der Waals surface area contributed by atoms with E-state index in [0.717, 1.165) is 24.0 Å². The minimum atomic E-state index is -3.81. The molecule has 0 heterocycles. The summed E-state index contributed by atoms with van der Waals surface area (Å²) in [5.74, 6) is -0.503. The first-order chi connectivity index (χ1) is 12.1. The highest BCUT2D eigenvalue weighted by Gasteiger charge is 2.17. The number of carbonyl (C=O) groups excluding carboxylic acids is 1. The number of amides is 1. The Labute approximate surface area is 155 Å².